The van der Waals surface area contributed by atoms with Crippen LogP contribution in [0.5, 0.6) is 23.0 Å². The van der Waals surface area contributed by atoms with Crippen molar-refractivity contribution >= 4 is 26.3 Å². The third-order valence-corrected chi connectivity index (χ3v) is 9.45. The van der Waals surface area contributed by atoms with Gasteiger partial charge >= 0.3 is 0 Å². The number of methoxy groups -OCH3 is 4. The fraction of sp³-hybridized carbons (Fsp3) is 0.400. The van der Waals surface area contributed by atoms with Gasteiger partial charge in [0.05, 0.1) is 44.3 Å². The van der Waals surface area contributed by atoms with Gasteiger partial charge < -0.3 is 23.8 Å². The fourth-order valence-corrected chi connectivity index (χ4v) is 6.88. The van der Waals surface area contributed by atoms with Crippen molar-refractivity contribution in [1.82, 2.24) is 4.98 Å². The molecule has 10 heteroatoms. The molecule has 1 saturated heterocycles. The van der Waals surface area contributed by atoms with Gasteiger partial charge in [0.15, 0.2) is 26.5 Å². The van der Waals surface area contributed by atoms with Gasteiger partial charge in [-0.2, -0.15) is 0 Å². The van der Waals surface area contributed by atoms with Crippen LogP contribution in [0.4, 0.5) is 5.13 Å². The van der Waals surface area contributed by atoms with Crippen LogP contribution in [0.1, 0.15) is 24.1 Å². The monoisotopic (exact) mass is 518 g/mol. The standard InChI is InChI=1S/C25H30N2O6S2/c1-30-19-6-5-17(23(14-19)32-3)13-18-16-34-25(26-18)27-11-9-20(10-12-27)35(28,29)21-7-8-22(31-2)24(15-21)33-4/h5-8,14-16,20H,9-13H2,1-4H3. The van der Waals surface area contributed by atoms with Gasteiger partial charge in [-0.25, -0.2) is 13.4 Å². The number of hydrogen-bond donors (Lipinski definition) is 0. The number of anilines is 1. The first-order chi connectivity index (χ1) is 16.9. The van der Waals surface area contributed by atoms with E-state index in [-0.39, 0.29) is 4.90 Å². The van der Waals surface area contributed by atoms with E-state index in [2.05, 4.69) is 4.90 Å². The smallest absolute Gasteiger partial charge is 0.185 e. The minimum atomic E-state index is -3.48. The number of hydrogen-bond acceptors (Lipinski definition) is 9. The summed E-state index contributed by atoms with van der Waals surface area (Å²) in [5.41, 5.74) is 1.98. The Morgan fingerprint density at radius 3 is 2.29 bits per heavy atom. The van der Waals surface area contributed by atoms with E-state index in [1.165, 1.54) is 14.2 Å². The Labute approximate surface area is 210 Å². The Bertz CT molecular complexity index is 1270. The predicted octanol–water partition coefficient (Wildman–Crippen LogP) is 4.21. The number of piperidine rings is 1. The summed E-state index contributed by atoms with van der Waals surface area (Å²) in [7, 11) is 2.82. The van der Waals surface area contributed by atoms with Crippen molar-refractivity contribution in [3.8, 4) is 23.0 Å². The number of ether oxygens (including phenoxy) is 4. The largest absolute Gasteiger partial charge is 0.497 e. The van der Waals surface area contributed by atoms with Gasteiger partial charge in [-0.3, -0.25) is 0 Å². The summed E-state index contributed by atoms with van der Waals surface area (Å²) in [6, 6.07) is 10.5. The zero-order valence-electron chi connectivity index (χ0n) is 20.3. The van der Waals surface area contributed by atoms with Crippen molar-refractivity contribution in [3.63, 3.8) is 0 Å². The third-order valence-electron chi connectivity index (χ3n) is 6.24. The summed E-state index contributed by atoms with van der Waals surface area (Å²) >= 11 is 1.58. The van der Waals surface area contributed by atoms with Crippen LogP contribution in [-0.4, -0.2) is 60.2 Å². The molecule has 8 nitrogen and oxygen atoms in total. The van der Waals surface area contributed by atoms with Crippen LogP contribution in [-0.2, 0) is 16.3 Å². The van der Waals surface area contributed by atoms with E-state index in [9.17, 15) is 8.42 Å². The molecule has 2 aromatic carbocycles. The molecular weight excluding hydrogens is 488 g/mol. The van der Waals surface area contributed by atoms with Gasteiger partial charge in [-0.1, -0.05) is 6.07 Å². The minimum absolute atomic E-state index is 0.263. The van der Waals surface area contributed by atoms with Gasteiger partial charge in [0.1, 0.15) is 11.5 Å². The maximum Gasteiger partial charge on any atom is 0.185 e. The summed E-state index contributed by atoms with van der Waals surface area (Å²) in [6.45, 7) is 1.27. The lowest BCUT2D eigenvalue weighted by molar-refractivity contribution is 0.354. The van der Waals surface area contributed by atoms with E-state index in [1.807, 2.05) is 23.6 Å². The van der Waals surface area contributed by atoms with Gasteiger partial charge in [0, 0.05) is 42.6 Å². The first-order valence-corrected chi connectivity index (χ1v) is 13.7. The van der Waals surface area contributed by atoms with Crippen molar-refractivity contribution in [2.24, 2.45) is 0 Å². The normalized spacial score (nSPS) is 14.6. The highest BCUT2D eigenvalue weighted by Gasteiger charge is 2.32. The highest BCUT2D eigenvalue weighted by Crippen LogP contribution is 2.34. The van der Waals surface area contributed by atoms with E-state index in [1.54, 1.807) is 43.8 Å². The molecule has 1 aromatic heterocycles. The van der Waals surface area contributed by atoms with Gasteiger partial charge in [-0.15, -0.1) is 11.3 Å². The molecular formula is C25H30N2O6S2. The summed E-state index contributed by atoms with van der Waals surface area (Å²) < 4.78 is 47.8. The Morgan fingerprint density at radius 1 is 0.914 bits per heavy atom. The zero-order valence-corrected chi connectivity index (χ0v) is 21.9. The maximum absolute atomic E-state index is 13.3. The summed E-state index contributed by atoms with van der Waals surface area (Å²) in [5, 5.41) is 2.51. The summed E-state index contributed by atoms with van der Waals surface area (Å²) in [5.74, 6) is 2.43. The van der Waals surface area contributed by atoms with E-state index in [4.69, 9.17) is 23.9 Å². The van der Waals surface area contributed by atoms with Gasteiger partial charge in [0.2, 0.25) is 0 Å². The van der Waals surface area contributed by atoms with E-state index >= 15 is 0 Å². The average Bonchev–Trinajstić information content (AvgIpc) is 3.37. The highest BCUT2D eigenvalue weighted by molar-refractivity contribution is 7.92. The molecule has 0 bridgehead atoms. The number of benzene rings is 2. The van der Waals surface area contributed by atoms with Crippen LogP contribution in [0.25, 0.3) is 0 Å². The van der Waals surface area contributed by atoms with E-state index in [0.717, 1.165) is 27.9 Å². The molecule has 0 atom stereocenters. The highest BCUT2D eigenvalue weighted by atomic mass is 32.2. The van der Waals surface area contributed by atoms with Crippen molar-refractivity contribution in [2.45, 2.75) is 29.4 Å². The second kappa shape index (κ2) is 10.7. The van der Waals surface area contributed by atoms with Crippen LogP contribution < -0.4 is 23.8 Å². The Balaban J connectivity index is 1.42. The molecule has 35 heavy (non-hydrogen) atoms. The Morgan fingerprint density at radius 2 is 1.63 bits per heavy atom. The minimum Gasteiger partial charge on any atom is -0.497 e. The molecule has 188 valence electrons. The van der Waals surface area contributed by atoms with Gasteiger partial charge in [-0.05, 0) is 31.0 Å². The second-order valence-corrected chi connectivity index (χ2v) is 11.3. The van der Waals surface area contributed by atoms with Crippen molar-refractivity contribution in [3.05, 3.63) is 53.0 Å². The van der Waals surface area contributed by atoms with Crippen LogP contribution in [0.15, 0.2) is 46.7 Å². The zero-order chi connectivity index (χ0) is 25.0. The predicted molar refractivity (Wildman–Crippen MR) is 136 cm³/mol. The lowest BCUT2D eigenvalue weighted by Gasteiger charge is -2.31. The molecule has 0 aliphatic carbocycles. The maximum atomic E-state index is 13.3. The summed E-state index contributed by atoms with van der Waals surface area (Å²) in [6.07, 6.45) is 1.73. The Hall–Kier alpha value is -2.98. The van der Waals surface area contributed by atoms with Crippen LogP contribution >= 0.6 is 11.3 Å². The molecule has 3 aromatic rings. The number of thiazole rings is 1. The number of aromatic nitrogens is 1. The van der Waals surface area contributed by atoms with E-state index in [0.29, 0.717) is 43.9 Å². The van der Waals surface area contributed by atoms with Crippen LogP contribution in [0.3, 0.4) is 0 Å². The van der Waals surface area contributed by atoms with Gasteiger partial charge in [0.25, 0.3) is 0 Å². The average molecular weight is 519 g/mol. The second-order valence-electron chi connectivity index (χ2n) is 8.22. The molecule has 2 heterocycles. The number of sulfone groups is 1. The molecule has 1 aliphatic rings. The molecule has 0 N–H and O–H groups in total. The molecule has 0 saturated carbocycles. The topological polar surface area (TPSA) is 87.2 Å². The van der Waals surface area contributed by atoms with E-state index < -0.39 is 15.1 Å². The van der Waals surface area contributed by atoms with Crippen LogP contribution in [0, 0.1) is 0 Å². The SMILES string of the molecule is COc1ccc(Cc2csc(N3CCC(S(=O)(=O)c4ccc(OC)c(OC)c4)CC3)n2)c(OC)c1. The van der Waals surface area contributed by atoms with Crippen molar-refractivity contribution < 1.29 is 27.4 Å². The quantitative estimate of drug-likeness (QED) is 0.416. The molecule has 0 spiro atoms. The van der Waals surface area contributed by atoms with Crippen LogP contribution in [0.2, 0.25) is 0 Å². The molecule has 1 aliphatic heterocycles. The summed E-state index contributed by atoms with van der Waals surface area (Å²) in [4.78, 5) is 7.24. The number of rotatable bonds is 9. The van der Waals surface area contributed by atoms with Crippen molar-refractivity contribution in [1.29, 1.82) is 0 Å². The molecule has 4 rings (SSSR count). The molecule has 0 radical (unpaired) electrons. The molecule has 0 unspecified atom stereocenters. The first-order valence-electron chi connectivity index (χ1n) is 11.3. The number of nitrogens with zero attached hydrogens (tertiary/aromatic N) is 2. The molecule has 0 amide bonds. The lowest BCUT2D eigenvalue weighted by atomic mass is 10.1. The Kier molecular flexibility index (Phi) is 7.71. The van der Waals surface area contributed by atoms with Crippen molar-refractivity contribution in [2.75, 3.05) is 46.4 Å². The molecule has 1 fully saturated rings. The first kappa shape index (κ1) is 25.1. The lowest BCUT2D eigenvalue weighted by Crippen LogP contribution is -2.39. The third kappa shape index (κ3) is 5.33. The fourth-order valence-electron chi connectivity index (χ4n) is 4.26.